The molecule has 0 bridgehead atoms. The molecule has 2 atom stereocenters. The lowest BCUT2D eigenvalue weighted by molar-refractivity contribution is -0.123. The van der Waals surface area contributed by atoms with Crippen LogP contribution in [0.5, 0.6) is 0 Å². The summed E-state index contributed by atoms with van der Waals surface area (Å²) in [6, 6.07) is 0.246. The van der Waals surface area contributed by atoms with E-state index in [0.29, 0.717) is 12.3 Å². The fraction of sp³-hybridized carbons (Fsp3) is 0.750. The summed E-state index contributed by atoms with van der Waals surface area (Å²) < 4.78 is 2.18. The van der Waals surface area contributed by atoms with Gasteiger partial charge in [-0.25, -0.2) is 4.98 Å². The van der Waals surface area contributed by atoms with Crippen LogP contribution in [0.1, 0.15) is 52.1 Å². The fourth-order valence-electron chi connectivity index (χ4n) is 2.58. The van der Waals surface area contributed by atoms with E-state index >= 15 is 0 Å². The molecule has 2 rings (SSSR count). The molecule has 0 radical (unpaired) electrons. The summed E-state index contributed by atoms with van der Waals surface area (Å²) in [5.41, 5.74) is 1.24. The molecule has 2 heterocycles. The number of rotatable bonds is 3. The van der Waals surface area contributed by atoms with Crippen molar-refractivity contribution in [2.45, 2.75) is 66.5 Å². The molecule has 4 nitrogen and oxygen atoms in total. The molecule has 0 saturated carbocycles. The molecule has 1 aliphatic rings. The second kappa shape index (κ2) is 5.58. The molecular formula is C16H27N3O. The number of imidazole rings is 1. The molecule has 1 aromatic heterocycles. The molecule has 4 heteroatoms. The molecule has 0 unspecified atom stereocenters. The first-order chi connectivity index (χ1) is 9.25. The summed E-state index contributed by atoms with van der Waals surface area (Å²) in [6.45, 7) is 11.6. The van der Waals surface area contributed by atoms with Crippen molar-refractivity contribution in [3.05, 3.63) is 17.7 Å². The molecule has 1 amide bonds. The third-order valence-electron chi connectivity index (χ3n) is 4.45. The molecule has 1 N–H and O–H groups in total. The topological polar surface area (TPSA) is 46.9 Å². The van der Waals surface area contributed by atoms with E-state index in [0.717, 1.165) is 30.9 Å². The van der Waals surface area contributed by atoms with Crippen LogP contribution in [0.2, 0.25) is 0 Å². The Hall–Kier alpha value is -1.32. The predicted molar refractivity (Wildman–Crippen MR) is 80.5 cm³/mol. The van der Waals surface area contributed by atoms with Crippen molar-refractivity contribution < 1.29 is 4.79 Å². The van der Waals surface area contributed by atoms with Crippen LogP contribution in [0.25, 0.3) is 0 Å². The van der Waals surface area contributed by atoms with Crippen molar-refractivity contribution in [1.29, 1.82) is 0 Å². The zero-order chi connectivity index (χ0) is 14.9. The molecule has 0 aliphatic carbocycles. The number of carbonyl (C=O) groups is 1. The van der Waals surface area contributed by atoms with Crippen LogP contribution < -0.4 is 5.32 Å². The highest BCUT2D eigenvalue weighted by molar-refractivity contribution is 5.76. The maximum Gasteiger partial charge on any atom is 0.220 e. The Balaban J connectivity index is 1.87. The Morgan fingerprint density at radius 2 is 2.25 bits per heavy atom. The molecular weight excluding hydrogens is 250 g/mol. The number of nitrogens with zero attached hydrogens (tertiary/aromatic N) is 2. The van der Waals surface area contributed by atoms with E-state index in [4.69, 9.17) is 0 Å². The maximum absolute atomic E-state index is 12.1. The van der Waals surface area contributed by atoms with Crippen LogP contribution in [0.4, 0.5) is 0 Å². The largest absolute Gasteiger partial charge is 0.352 e. The highest BCUT2D eigenvalue weighted by Gasteiger charge is 2.25. The minimum atomic E-state index is 0.178. The standard InChI is InChI=1S/C16H27N3O/c1-11(16(3,4)5)8-15(20)18-13-6-7-14-17-12(2)9-19(14)10-13/h9,11,13H,6-8,10H2,1-5H3,(H,18,20)/t11-,13-/m0/s1. The molecule has 0 saturated heterocycles. The summed E-state index contributed by atoms with van der Waals surface area (Å²) in [6.07, 6.45) is 4.63. The van der Waals surface area contributed by atoms with Crippen LogP contribution >= 0.6 is 0 Å². The van der Waals surface area contributed by atoms with Crippen LogP contribution in [-0.2, 0) is 17.8 Å². The predicted octanol–water partition coefficient (Wildman–Crippen LogP) is 2.69. The Morgan fingerprint density at radius 1 is 1.55 bits per heavy atom. The number of aromatic nitrogens is 2. The third-order valence-corrected chi connectivity index (χ3v) is 4.45. The van der Waals surface area contributed by atoms with E-state index in [1.807, 2.05) is 6.92 Å². The smallest absolute Gasteiger partial charge is 0.220 e. The Morgan fingerprint density at radius 3 is 2.90 bits per heavy atom. The second-order valence-electron chi connectivity index (χ2n) is 7.23. The average molecular weight is 277 g/mol. The molecule has 20 heavy (non-hydrogen) atoms. The van der Waals surface area contributed by atoms with Crippen molar-refractivity contribution in [3.8, 4) is 0 Å². The van der Waals surface area contributed by atoms with Crippen LogP contribution in [0.15, 0.2) is 6.20 Å². The van der Waals surface area contributed by atoms with Gasteiger partial charge in [-0.05, 0) is 24.7 Å². The lowest BCUT2D eigenvalue weighted by atomic mass is 9.80. The lowest BCUT2D eigenvalue weighted by Gasteiger charge is -2.29. The van der Waals surface area contributed by atoms with Crippen molar-refractivity contribution in [3.63, 3.8) is 0 Å². The Kier molecular flexibility index (Phi) is 4.21. The zero-order valence-corrected chi connectivity index (χ0v) is 13.4. The quantitative estimate of drug-likeness (QED) is 0.923. The monoisotopic (exact) mass is 277 g/mol. The van der Waals surface area contributed by atoms with E-state index in [1.165, 1.54) is 0 Å². The first kappa shape index (κ1) is 15.1. The van der Waals surface area contributed by atoms with Gasteiger partial charge in [-0.2, -0.15) is 0 Å². The second-order valence-corrected chi connectivity index (χ2v) is 7.23. The SMILES string of the molecule is Cc1cn2c(n1)CC[C@H](NC(=O)C[C@H](C)C(C)(C)C)C2. The molecule has 1 aromatic rings. The van der Waals surface area contributed by atoms with Crippen LogP contribution in [-0.4, -0.2) is 21.5 Å². The van der Waals surface area contributed by atoms with Gasteiger partial charge < -0.3 is 9.88 Å². The first-order valence-electron chi connectivity index (χ1n) is 7.57. The number of amides is 1. The molecule has 0 aromatic carbocycles. The number of hydrogen-bond acceptors (Lipinski definition) is 2. The molecule has 1 aliphatic heterocycles. The van der Waals surface area contributed by atoms with Gasteiger partial charge in [0.1, 0.15) is 5.82 Å². The zero-order valence-electron chi connectivity index (χ0n) is 13.4. The van der Waals surface area contributed by atoms with Crippen molar-refractivity contribution in [1.82, 2.24) is 14.9 Å². The first-order valence-corrected chi connectivity index (χ1v) is 7.57. The Labute approximate surface area is 122 Å². The summed E-state index contributed by atoms with van der Waals surface area (Å²) in [4.78, 5) is 16.6. The third kappa shape index (κ3) is 3.62. The van der Waals surface area contributed by atoms with Gasteiger partial charge >= 0.3 is 0 Å². The van der Waals surface area contributed by atoms with E-state index in [1.54, 1.807) is 0 Å². The fourth-order valence-corrected chi connectivity index (χ4v) is 2.58. The van der Waals surface area contributed by atoms with Gasteiger partial charge in [0.15, 0.2) is 0 Å². The van der Waals surface area contributed by atoms with Gasteiger partial charge in [0.05, 0.1) is 5.69 Å². The molecule has 112 valence electrons. The summed E-state index contributed by atoms with van der Waals surface area (Å²) in [5, 5.41) is 3.18. The van der Waals surface area contributed by atoms with Gasteiger partial charge in [-0.3, -0.25) is 4.79 Å². The highest BCUT2D eigenvalue weighted by Crippen LogP contribution is 2.28. The number of aryl methyl sites for hydroxylation is 2. The summed E-state index contributed by atoms with van der Waals surface area (Å²) in [5.74, 6) is 1.71. The van der Waals surface area contributed by atoms with Crippen LogP contribution in [0, 0.1) is 18.3 Å². The van der Waals surface area contributed by atoms with E-state index in [2.05, 4.69) is 48.8 Å². The minimum absolute atomic E-state index is 0.178. The maximum atomic E-state index is 12.1. The number of nitrogens with one attached hydrogen (secondary N) is 1. The van der Waals surface area contributed by atoms with Crippen LogP contribution in [0.3, 0.4) is 0 Å². The molecule has 0 fully saturated rings. The van der Waals surface area contributed by atoms with Crippen molar-refractivity contribution >= 4 is 5.91 Å². The Bertz CT molecular complexity index is 484. The van der Waals surface area contributed by atoms with Gasteiger partial charge in [-0.15, -0.1) is 0 Å². The van der Waals surface area contributed by atoms with Crippen molar-refractivity contribution in [2.75, 3.05) is 0 Å². The number of hydrogen-bond donors (Lipinski definition) is 1. The highest BCUT2D eigenvalue weighted by atomic mass is 16.1. The molecule has 0 spiro atoms. The van der Waals surface area contributed by atoms with E-state index in [9.17, 15) is 4.79 Å². The van der Waals surface area contributed by atoms with E-state index in [-0.39, 0.29) is 17.4 Å². The minimum Gasteiger partial charge on any atom is -0.352 e. The number of carbonyl (C=O) groups excluding carboxylic acids is 1. The normalized spacial score (nSPS) is 20.4. The summed E-state index contributed by atoms with van der Waals surface area (Å²) >= 11 is 0. The van der Waals surface area contributed by atoms with Gasteiger partial charge in [0, 0.05) is 31.6 Å². The van der Waals surface area contributed by atoms with E-state index < -0.39 is 0 Å². The van der Waals surface area contributed by atoms with Gasteiger partial charge in [0.25, 0.3) is 0 Å². The lowest BCUT2D eigenvalue weighted by Crippen LogP contribution is -2.42. The average Bonchev–Trinajstić information content (AvgIpc) is 2.66. The number of fused-ring (bicyclic) bond motifs is 1. The summed E-state index contributed by atoms with van der Waals surface area (Å²) in [7, 11) is 0. The van der Waals surface area contributed by atoms with Gasteiger partial charge in [0.2, 0.25) is 5.91 Å². The van der Waals surface area contributed by atoms with Gasteiger partial charge in [-0.1, -0.05) is 27.7 Å². The van der Waals surface area contributed by atoms with Crippen molar-refractivity contribution in [2.24, 2.45) is 11.3 Å².